The van der Waals surface area contributed by atoms with Gasteiger partial charge in [0.05, 0.1) is 5.01 Å². The van der Waals surface area contributed by atoms with E-state index in [9.17, 15) is 4.79 Å². The van der Waals surface area contributed by atoms with Gasteiger partial charge in [-0.2, -0.15) is 0 Å². The normalized spacial score (nSPS) is 10.5. The van der Waals surface area contributed by atoms with Crippen LogP contribution in [0.1, 0.15) is 10.6 Å². The Bertz CT molecular complexity index is 794. The van der Waals surface area contributed by atoms with Crippen molar-refractivity contribution in [1.29, 1.82) is 0 Å². The first-order valence-corrected chi connectivity index (χ1v) is 7.39. The van der Waals surface area contributed by atoms with Crippen LogP contribution in [0.4, 0.5) is 16.5 Å². The number of rotatable bonds is 3. The average molecular weight is 315 g/mol. The summed E-state index contributed by atoms with van der Waals surface area (Å²) in [5.74, 6) is 0.273. The summed E-state index contributed by atoms with van der Waals surface area (Å²) in [4.78, 5) is 16.1. The van der Waals surface area contributed by atoms with E-state index in [4.69, 9.17) is 4.42 Å². The van der Waals surface area contributed by atoms with Crippen LogP contribution in [-0.2, 0) is 0 Å². The number of carbonyl (C=O) groups excluding carboxylic acids is 1. The van der Waals surface area contributed by atoms with Crippen molar-refractivity contribution in [3.8, 4) is 11.6 Å². The summed E-state index contributed by atoms with van der Waals surface area (Å²) in [7, 11) is 0. The third-order valence-electron chi connectivity index (χ3n) is 2.79. The second kappa shape index (κ2) is 5.94. The van der Waals surface area contributed by atoms with Crippen LogP contribution >= 0.6 is 11.3 Å². The highest BCUT2D eigenvalue weighted by atomic mass is 32.1. The molecule has 0 unspecified atom stereocenters. The predicted molar refractivity (Wildman–Crippen MR) is 84.0 cm³/mol. The zero-order chi connectivity index (χ0) is 15.5. The number of aryl methyl sites for hydroxylation is 2. The molecule has 3 rings (SSSR count). The summed E-state index contributed by atoms with van der Waals surface area (Å²) in [6.45, 7) is 3.86. The first-order valence-electron chi connectivity index (χ1n) is 6.51. The van der Waals surface area contributed by atoms with Crippen LogP contribution in [0, 0.1) is 13.8 Å². The van der Waals surface area contributed by atoms with Gasteiger partial charge in [0.2, 0.25) is 0 Å². The van der Waals surface area contributed by atoms with Gasteiger partial charge >= 0.3 is 12.0 Å². The van der Waals surface area contributed by atoms with E-state index in [1.807, 2.05) is 43.5 Å². The molecule has 1 aromatic carbocycles. The number of nitrogens with one attached hydrogen (secondary N) is 2. The Kier molecular flexibility index (Phi) is 3.84. The second-order valence-corrected chi connectivity index (χ2v) is 5.67. The molecule has 0 spiro atoms. The van der Waals surface area contributed by atoms with Gasteiger partial charge in [-0.15, -0.1) is 16.4 Å². The van der Waals surface area contributed by atoms with Crippen LogP contribution in [0.3, 0.4) is 0 Å². The Morgan fingerprint density at radius 3 is 2.59 bits per heavy atom. The second-order valence-electron chi connectivity index (χ2n) is 4.61. The van der Waals surface area contributed by atoms with Gasteiger partial charge in [0.1, 0.15) is 5.69 Å². The maximum absolute atomic E-state index is 11.9. The molecule has 0 atom stereocenters. The number of hydrogen-bond donors (Lipinski definition) is 2. The largest absolute Gasteiger partial charge is 0.401 e. The van der Waals surface area contributed by atoms with E-state index in [2.05, 4.69) is 25.8 Å². The van der Waals surface area contributed by atoms with Gasteiger partial charge in [-0.25, -0.2) is 9.78 Å². The van der Waals surface area contributed by atoms with E-state index in [0.29, 0.717) is 11.4 Å². The van der Waals surface area contributed by atoms with Gasteiger partial charge in [0.15, 0.2) is 0 Å². The van der Waals surface area contributed by atoms with Gasteiger partial charge in [0.25, 0.3) is 5.89 Å². The molecule has 112 valence electrons. The number of amides is 2. The van der Waals surface area contributed by atoms with Crippen molar-refractivity contribution in [2.24, 2.45) is 0 Å². The van der Waals surface area contributed by atoms with Gasteiger partial charge in [-0.3, -0.25) is 5.32 Å². The third kappa shape index (κ3) is 3.29. The van der Waals surface area contributed by atoms with E-state index >= 15 is 0 Å². The number of carbonyl (C=O) groups is 1. The number of aromatic nitrogens is 3. The highest BCUT2D eigenvalue weighted by Gasteiger charge is 2.13. The van der Waals surface area contributed by atoms with Crippen molar-refractivity contribution >= 4 is 29.1 Å². The molecular weight excluding hydrogens is 302 g/mol. The van der Waals surface area contributed by atoms with E-state index in [-0.39, 0.29) is 11.9 Å². The van der Waals surface area contributed by atoms with Gasteiger partial charge < -0.3 is 9.73 Å². The minimum absolute atomic E-state index is 0.0188. The number of thiazole rings is 1. The fraction of sp³-hybridized carbons (Fsp3) is 0.143. The molecule has 0 saturated heterocycles. The monoisotopic (exact) mass is 315 g/mol. The third-order valence-corrected chi connectivity index (χ3v) is 3.57. The molecule has 2 N–H and O–H groups in total. The first kappa shape index (κ1) is 14.2. The molecular formula is C14H13N5O2S. The standard InChI is InChI=1S/C14H13N5O2S/c1-8-3-5-10(6-4-8)16-13(20)17-14-19-18-12(21-14)11-7-22-9(2)15-11/h3-7H,1-2H3,(H2,16,17,19,20). The molecule has 22 heavy (non-hydrogen) atoms. The van der Waals surface area contributed by atoms with E-state index in [1.54, 1.807) is 0 Å². The first-order chi connectivity index (χ1) is 10.6. The van der Waals surface area contributed by atoms with Crippen molar-refractivity contribution in [1.82, 2.24) is 15.2 Å². The molecule has 0 fully saturated rings. The molecule has 0 aliphatic carbocycles. The Morgan fingerprint density at radius 2 is 1.91 bits per heavy atom. The van der Waals surface area contributed by atoms with Gasteiger partial charge in [0, 0.05) is 11.1 Å². The fourth-order valence-electron chi connectivity index (χ4n) is 1.74. The van der Waals surface area contributed by atoms with Gasteiger partial charge in [-0.05, 0) is 26.0 Å². The number of nitrogens with zero attached hydrogens (tertiary/aromatic N) is 3. The summed E-state index contributed by atoms with van der Waals surface area (Å²) in [5.41, 5.74) is 2.39. The smallest absolute Gasteiger partial charge is 0.327 e. The zero-order valence-corrected chi connectivity index (χ0v) is 12.8. The lowest BCUT2D eigenvalue weighted by Crippen LogP contribution is -2.19. The summed E-state index contributed by atoms with van der Waals surface area (Å²) in [5, 5.41) is 15.5. The Morgan fingerprint density at radius 1 is 1.14 bits per heavy atom. The quantitative estimate of drug-likeness (QED) is 0.772. The van der Waals surface area contributed by atoms with Crippen LogP contribution in [0.5, 0.6) is 0 Å². The van der Waals surface area contributed by atoms with Crippen molar-refractivity contribution in [3.63, 3.8) is 0 Å². The lowest BCUT2D eigenvalue weighted by atomic mass is 10.2. The molecule has 3 aromatic rings. The molecule has 0 aliphatic heterocycles. The predicted octanol–water partition coefficient (Wildman–Crippen LogP) is 3.45. The molecule has 7 nitrogen and oxygen atoms in total. The number of urea groups is 1. The average Bonchev–Trinajstić information content (AvgIpc) is 3.10. The molecule has 0 aliphatic rings. The topological polar surface area (TPSA) is 92.9 Å². The lowest BCUT2D eigenvalue weighted by molar-refractivity contribution is 0.261. The molecule has 2 heterocycles. The van der Waals surface area contributed by atoms with E-state index < -0.39 is 6.03 Å². The molecule has 0 radical (unpaired) electrons. The van der Waals surface area contributed by atoms with Crippen LogP contribution in [0.25, 0.3) is 11.6 Å². The van der Waals surface area contributed by atoms with Crippen molar-refractivity contribution in [2.45, 2.75) is 13.8 Å². The van der Waals surface area contributed by atoms with Gasteiger partial charge in [-0.1, -0.05) is 22.8 Å². The van der Waals surface area contributed by atoms with E-state index in [1.165, 1.54) is 11.3 Å². The van der Waals surface area contributed by atoms with E-state index in [0.717, 1.165) is 10.6 Å². The molecule has 2 amide bonds. The minimum atomic E-state index is -0.450. The highest BCUT2D eigenvalue weighted by Crippen LogP contribution is 2.21. The summed E-state index contributed by atoms with van der Waals surface area (Å²) in [6, 6.07) is 7.01. The number of benzene rings is 1. The zero-order valence-electron chi connectivity index (χ0n) is 12.0. The maximum Gasteiger partial charge on any atom is 0.327 e. The van der Waals surface area contributed by atoms with Crippen molar-refractivity contribution in [3.05, 3.63) is 40.2 Å². The number of hydrogen-bond acceptors (Lipinski definition) is 6. The minimum Gasteiger partial charge on any atom is -0.401 e. The van der Waals surface area contributed by atoms with Crippen LogP contribution in [-0.4, -0.2) is 21.2 Å². The van der Waals surface area contributed by atoms with Crippen LogP contribution < -0.4 is 10.6 Å². The Balaban J connectivity index is 1.64. The Hall–Kier alpha value is -2.74. The SMILES string of the molecule is Cc1ccc(NC(=O)Nc2nnc(-c3csc(C)n3)o2)cc1. The van der Waals surface area contributed by atoms with Crippen LogP contribution in [0.15, 0.2) is 34.1 Å². The Labute approximate surface area is 130 Å². The molecule has 0 bridgehead atoms. The molecule has 0 saturated carbocycles. The summed E-state index contributed by atoms with van der Waals surface area (Å²) in [6.07, 6.45) is 0. The summed E-state index contributed by atoms with van der Waals surface area (Å²) >= 11 is 1.49. The number of anilines is 2. The lowest BCUT2D eigenvalue weighted by Gasteiger charge is -2.04. The van der Waals surface area contributed by atoms with Crippen LogP contribution in [0.2, 0.25) is 0 Å². The highest BCUT2D eigenvalue weighted by molar-refractivity contribution is 7.09. The molecule has 2 aromatic heterocycles. The summed E-state index contributed by atoms with van der Waals surface area (Å²) < 4.78 is 5.36. The fourth-order valence-corrected chi connectivity index (χ4v) is 2.32. The van der Waals surface area contributed by atoms with Crippen molar-refractivity contribution < 1.29 is 9.21 Å². The maximum atomic E-state index is 11.9. The van der Waals surface area contributed by atoms with Crippen molar-refractivity contribution in [2.75, 3.05) is 10.6 Å². The molecule has 8 heteroatoms.